The van der Waals surface area contributed by atoms with Crippen LogP contribution in [0.1, 0.15) is 42.9 Å². The van der Waals surface area contributed by atoms with Crippen molar-refractivity contribution in [3.05, 3.63) is 47.2 Å². The van der Waals surface area contributed by atoms with Crippen LogP contribution in [-0.4, -0.2) is 15.8 Å². The van der Waals surface area contributed by atoms with Gasteiger partial charge in [-0.15, -0.1) is 0 Å². The normalized spacial score (nSPS) is 16.0. The van der Waals surface area contributed by atoms with Crippen LogP contribution in [0.4, 0.5) is 0 Å². The van der Waals surface area contributed by atoms with Gasteiger partial charge in [-0.25, -0.2) is 0 Å². The molecule has 0 aromatic heterocycles. The third-order valence-electron chi connectivity index (χ3n) is 2.72. The third-order valence-corrected chi connectivity index (χ3v) is 3.43. The minimum atomic E-state index is 0.0689. The molecule has 3 heteroatoms. The smallest absolute Gasteiger partial charge is 0.464 e. The van der Waals surface area contributed by atoms with Gasteiger partial charge in [-0.3, -0.25) is 0 Å². The highest BCUT2D eigenvalue weighted by atomic mass is 28.2. The van der Waals surface area contributed by atoms with Crippen molar-refractivity contribution in [2.45, 2.75) is 33.1 Å². The number of allylic oxidation sites excluding steroid dienone is 2. The molecular formula is C14H17O2Si+. The summed E-state index contributed by atoms with van der Waals surface area (Å²) >= 11 is 0. The van der Waals surface area contributed by atoms with E-state index < -0.39 is 0 Å². The van der Waals surface area contributed by atoms with Gasteiger partial charge in [0.25, 0.3) is 0 Å². The molecule has 0 saturated heterocycles. The molecule has 0 spiro atoms. The Morgan fingerprint density at radius 1 is 1.12 bits per heavy atom. The first-order valence-electron chi connectivity index (χ1n) is 5.72. The molecule has 17 heavy (non-hydrogen) atoms. The molecule has 1 heterocycles. The maximum absolute atomic E-state index is 5.51. The Labute approximate surface area is 105 Å². The summed E-state index contributed by atoms with van der Waals surface area (Å²) in [7, 11) is 0.0689. The lowest BCUT2D eigenvalue weighted by atomic mass is 9.86. The van der Waals surface area contributed by atoms with Crippen molar-refractivity contribution in [2.75, 3.05) is 0 Å². The van der Waals surface area contributed by atoms with Crippen LogP contribution in [0.25, 0.3) is 0 Å². The van der Waals surface area contributed by atoms with Crippen LogP contribution >= 0.6 is 0 Å². The van der Waals surface area contributed by atoms with E-state index in [1.165, 1.54) is 5.56 Å². The highest BCUT2D eigenvalue weighted by molar-refractivity contribution is 6.22. The summed E-state index contributed by atoms with van der Waals surface area (Å²) in [6.07, 6.45) is 1.93. The number of hydrogen-bond donors (Lipinski definition) is 0. The second kappa shape index (κ2) is 4.49. The van der Waals surface area contributed by atoms with Crippen molar-refractivity contribution in [1.29, 1.82) is 0 Å². The molecule has 0 unspecified atom stereocenters. The van der Waals surface area contributed by atoms with Crippen molar-refractivity contribution >= 4 is 15.8 Å². The molecule has 1 aliphatic heterocycles. The van der Waals surface area contributed by atoms with E-state index in [1.807, 2.05) is 13.0 Å². The van der Waals surface area contributed by atoms with Gasteiger partial charge in [0.1, 0.15) is 0 Å². The first kappa shape index (κ1) is 12.1. The van der Waals surface area contributed by atoms with Crippen LogP contribution in [0.2, 0.25) is 0 Å². The van der Waals surface area contributed by atoms with E-state index in [0.717, 1.165) is 17.1 Å². The van der Waals surface area contributed by atoms with Crippen molar-refractivity contribution in [1.82, 2.24) is 0 Å². The van der Waals surface area contributed by atoms with Crippen molar-refractivity contribution in [3.63, 3.8) is 0 Å². The SMILES string of the molecule is CC1=CC(c2ccc(C(C)(C)C)cc2)=[O+][Si]O1. The van der Waals surface area contributed by atoms with E-state index in [4.69, 9.17) is 8.54 Å². The molecule has 1 aromatic rings. The molecule has 0 atom stereocenters. The minimum absolute atomic E-state index is 0.0689. The van der Waals surface area contributed by atoms with Crippen LogP contribution in [0.5, 0.6) is 0 Å². The maximum atomic E-state index is 5.51. The number of carbonyl (C=O) groups excluding carboxylic acids is 1. The Kier molecular flexibility index (Phi) is 3.20. The largest absolute Gasteiger partial charge is 1.02 e. The molecule has 0 amide bonds. The molecule has 2 rings (SSSR count). The maximum Gasteiger partial charge on any atom is 1.02 e. The zero-order valence-corrected chi connectivity index (χ0v) is 11.7. The molecule has 2 nitrogen and oxygen atoms in total. The molecular weight excluding hydrogens is 228 g/mol. The van der Waals surface area contributed by atoms with Gasteiger partial charge in [-0.2, -0.15) is 0 Å². The Balaban J connectivity index is 2.28. The van der Waals surface area contributed by atoms with Crippen LogP contribution in [0, 0.1) is 0 Å². The van der Waals surface area contributed by atoms with E-state index in [-0.39, 0.29) is 15.4 Å². The van der Waals surface area contributed by atoms with Gasteiger partial charge < -0.3 is 8.54 Å². The standard InChI is InChI=1S/C14H17O2Si/c1-10-9-13(16-17-15-10)11-5-7-12(8-6-11)14(2,3)4/h5-9H,1-4H3/q+1. The van der Waals surface area contributed by atoms with E-state index in [1.54, 1.807) is 0 Å². The fraction of sp³-hybridized carbons (Fsp3) is 0.357. The molecule has 1 aromatic carbocycles. The first-order chi connectivity index (χ1) is 7.97. The minimum Gasteiger partial charge on any atom is -0.464 e. The quantitative estimate of drug-likeness (QED) is 0.550. The van der Waals surface area contributed by atoms with Gasteiger partial charge in [0.2, 0.25) is 0 Å². The molecule has 1 aliphatic rings. The lowest BCUT2D eigenvalue weighted by molar-refractivity contribution is -0.106. The summed E-state index contributed by atoms with van der Waals surface area (Å²) in [6, 6.07) is 8.53. The van der Waals surface area contributed by atoms with Crippen molar-refractivity contribution < 1.29 is 8.54 Å². The number of hydrogen-bond acceptors (Lipinski definition) is 1. The summed E-state index contributed by atoms with van der Waals surface area (Å²) < 4.78 is 10.8. The second-order valence-electron chi connectivity index (χ2n) is 5.23. The number of ketones is 1. The van der Waals surface area contributed by atoms with Gasteiger partial charge in [0, 0.05) is 0 Å². The van der Waals surface area contributed by atoms with Gasteiger partial charge in [0.05, 0.1) is 17.4 Å². The lowest BCUT2D eigenvalue weighted by Crippen LogP contribution is -2.13. The Hall–Kier alpha value is -1.35. The fourth-order valence-corrected chi connectivity index (χ4v) is 2.15. The molecule has 0 bridgehead atoms. The fourth-order valence-electron chi connectivity index (χ4n) is 1.65. The van der Waals surface area contributed by atoms with Crippen LogP contribution in [-0.2, 0) is 9.84 Å². The first-order valence-corrected chi connectivity index (χ1v) is 6.53. The molecule has 0 aliphatic carbocycles. The zero-order valence-electron chi connectivity index (χ0n) is 10.7. The Morgan fingerprint density at radius 2 is 1.76 bits per heavy atom. The summed E-state index contributed by atoms with van der Waals surface area (Å²) in [5, 5.41) is 0. The predicted octanol–water partition coefficient (Wildman–Crippen LogP) is 3.17. The Morgan fingerprint density at radius 3 is 2.29 bits per heavy atom. The average molecular weight is 245 g/mol. The van der Waals surface area contributed by atoms with E-state index in [9.17, 15) is 0 Å². The summed E-state index contributed by atoms with van der Waals surface area (Å²) in [6.45, 7) is 8.58. The summed E-state index contributed by atoms with van der Waals surface area (Å²) in [5.74, 6) is 1.80. The topological polar surface area (TPSA) is 20.5 Å². The average Bonchev–Trinajstić information content (AvgIpc) is 2.28. The van der Waals surface area contributed by atoms with Crippen LogP contribution in [0.15, 0.2) is 36.1 Å². The van der Waals surface area contributed by atoms with Gasteiger partial charge in [-0.05, 0) is 30.0 Å². The van der Waals surface area contributed by atoms with Crippen LogP contribution in [0.3, 0.4) is 0 Å². The Bertz CT molecular complexity index is 464. The molecule has 0 N–H and O–H groups in total. The number of benzene rings is 1. The predicted molar refractivity (Wildman–Crippen MR) is 70.1 cm³/mol. The van der Waals surface area contributed by atoms with Gasteiger partial charge in [-0.1, -0.05) is 32.9 Å². The van der Waals surface area contributed by atoms with Crippen LogP contribution < -0.4 is 0 Å². The van der Waals surface area contributed by atoms with Gasteiger partial charge in [0.15, 0.2) is 0 Å². The molecule has 0 fully saturated rings. The molecule has 88 valence electrons. The highest BCUT2D eigenvalue weighted by Gasteiger charge is 2.25. The molecule has 2 radical (unpaired) electrons. The zero-order chi connectivity index (χ0) is 12.5. The number of rotatable bonds is 1. The van der Waals surface area contributed by atoms with Gasteiger partial charge >= 0.3 is 15.8 Å². The highest BCUT2D eigenvalue weighted by Crippen LogP contribution is 2.22. The third kappa shape index (κ3) is 2.85. The second-order valence-corrected chi connectivity index (χ2v) is 5.81. The van der Waals surface area contributed by atoms with Crippen molar-refractivity contribution in [3.8, 4) is 0 Å². The lowest BCUT2D eigenvalue weighted by Gasteiger charge is -2.18. The summed E-state index contributed by atoms with van der Waals surface area (Å²) in [5.41, 5.74) is 2.62. The van der Waals surface area contributed by atoms with Crippen molar-refractivity contribution in [2.24, 2.45) is 0 Å². The monoisotopic (exact) mass is 245 g/mol. The summed E-state index contributed by atoms with van der Waals surface area (Å²) in [4.78, 5) is 0. The van der Waals surface area contributed by atoms with E-state index >= 15 is 0 Å². The van der Waals surface area contributed by atoms with E-state index in [0.29, 0.717) is 0 Å². The van der Waals surface area contributed by atoms with E-state index in [2.05, 4.69) is 45.0 Å². The molecule has 0 saturated carbocycles.